The largest absolute Gasteiger partial charge is 0.310 e. The average molecular weight is 699 g/mol. The summed E-state index contributed by atoms with van der Waals surface area (Å²) in [6, 6.07) is 66.5. The quantitative estimate of drug-likeness (QED) is 0.163. The Labute approximate surface area is 320 Å². The molecular weight excluding hydrogens is 653 g/mol. The Bertz CT molecular complexity index is 2590. The standard InChI is InChI=1S/C52H46N2/c1-51(2)34-35-52(3,4)50-47(51)21-13-23-49(50)54(45-33-28-37-14-8-9-16-41(37)36-45)44-31-26-39(27-32-44)38-24-29-43(30-25-38)53(42-18-6-5-7-19-42)48-22-12-17-40-15-10-11-20-46(40)48/h5-33,36H,34-35H2,1-4H3. The molecule has 264 valence electrons. The summed E-state index contributed by atoms with van der Waals surface area (Å²) in [4.78, 5) is 4.85. The monoisotopic (exact) mass is 698 g/mol. The summed E-state index contributed by atoms with van der Waals surface area (Å²) in [5.41, 5.74) is 12.5. The summed E-state index contributed by atoms with van der Waals surface area (Å²) in [5.74, 6) is 0. The van der Waals surface area contributed by atoms with Gasteiger partial charge in [0.25, 0.3) is 0 Å². The Morgan fingerprint density at radius 1 is 0.370 bits per heavy atom. The summed E-state index contributed by atoms with van der Waals surface area (Å²) in [7, 11) is 0. The fourth-order valence-electron chi connectivity index (χ4n) is 8.64. The van der Waals surface area contributed by atoms with Crippen molar-refractivity contribution in [2.24, 2.45) is 0 Å². The Kier molecular flexibility index (Phi) is 8.35. The van der Waals surface area contributed by atoms with Crippen LogP contribution in [0.4, 0.5) is 34.1 Å². The minimum absolute atomic E-state index is 0.0535. The molecule has 54 heavy (non-hydrogen) atoms. The molecule has 0 amide bonds. The van der Waals surface area contributed by atoms with E-state index >= 15 is 0 Å². The first-order valence-electron chi connectivity index (χ1n) is 19.2. The Morgan fingerprint density at radius 2 is 0.870 bits per heavy atom. The third-order valence-electron chi connectivity index (χ3n) is 11.7. The van der Waals surface area contributed by atoms with Gasteiger partial charge in [0.2, 0.25) is 0 Å². The maximum Gasteiger partial charge on any atom is 0.0540 e. The lowest BCUT2D eigenvalue weighted by Crippen LogP contribution is -2.35. The van der Waals surface area contributed by atoms with E-state index in [0.717, 1.165) is 23.5 Å². The average Bonchev–Trinajstić information content (AvgIpc) is 3.21. The second-order valence-corrected chi connectivity index (χ2v) is 16.1. The summed E-state index contributed by atoms with van der Waals surface area (Å²) in [5, 5.41) is 4.96. The van der Waals surface area contributed by atoms with Crippen LogP contribution in [0.2, 0.25) is 0 Å². The number of fused-ring (bicyclic) bond motifs is 3. The summed E-state index contributed by atoms with van der Waals surface area (Å²) < 4.78 is 0. The van der Waals surface area contributed by atoms with Crippen molar-refractivity contribution in [3.8, 4) is 11.1 Å². The zero-order valence-corrected chi connectivity index (χ0v) is 31.6. The highest BCUT2D eigenvalue weighted by molar-refractivity contribution is 5.99. The molecule has 8 aromatic rings. The van der Waals surface area contributed by atoms with Crippen LogP contribution in [0.1, 0.15) is 51.7 Å². The van der Waals surface area contributed by atoms with Gasteiger partial charge in [0.05, 0.1) is 11.4 Å². The van der Waals surface area contributed by atoms with Crippen molar-refractivity contribution in [3.63, 3.8) is 0 Å². The first-order valence-corrected chi connectivity index (χ1v) is 19.2. The van der Waals surface area contributed by atoms with Crippen molar-refractivity contribution >= 4 is 55.7 Å². The topological polar surface area (TPSA) is 6.48 Å². The molecule has 0 N–H and O–H groups in total. The molecule has 0 aliphatic heterocycles. The van der Waals surface area contributed by atoms with Gasteiger partial charge >= 0.3 is 0 Å². The number of hydrogen-bond acceptors (Lipinski definition) is 2. The molecule has 0 fully saturated rings. The van der Waals surface area contributed by atoms with Crippen LogP contribution < -0.4 is 9.80 Å². The highest BCUT2D eigenvalue weighted by Gasteiger charge is 2.39. The van der Waals surface area contributed by atoms with Gasteiger partial charge < -0.3 is 9.80 Å². The molecule has 2 nitrogen and oxygen atoms in total. The van der Waals surface area contributed by atoms with Crippen molar-refractivity contribution in [3.05, 3.63) is 193 Å². The van der Waals surface area contributed by atoms with E-state index in [-0.39, 0.29) is 10.8 Å². The molecule has 1 aliphatic carbocycles. The van der Waals surface area contributed by atoms with E-state index in [4.69, 9.17) is 0 Å². The number of nitrogens with zero attached hydrogens (tertiary/aromatic N) is 2. The van der Waals surface area contributed by atoms with E-state index < -0.39 is 0 Å². The lowest BCUT2D eigenvalue weighted by molar-refractivity contribution is 0.332. The molecule has 0 bridgehead atoms. The van der Waals surface area contributed by atoms with Crippen molar-refractivity contribution < 1.29 is 0 Å². The van der Waals surface area contributed by atoms with E-state index in [1.54, 1.807) is 0 Å². The van der Waals surface area contributed by atoms with Gasteiger partial charge in [-0.25, -0.2) is 0 Å². The predicted octanol–water partition coefficient (Wildman–Crippen LogP) is 14.9. The molecule has 0 unspecified atom stereocenters. The van der Waals surface area contributed by atoms with E-state index in [1.165, 1.54) is 67.3 Å². The van der Waals surface area contributed by atoms with Crippen LogP contribution in [0, 0.1) is 0 Å². The third kappa shape index (κ3) is 6.02. The van der Waals surface area contributed by atoms with Gasteiger partial charge in [0.15, 0.2) is 0 Å². The van der Waals surface area contributed by atoms with E-state index in [9.17, 15) is 0 Å². The molecule has 0 saturated carbocycles. The summed E-state index contributed by atoms with van der Waals surface area (Å²) in [6.45, 7) is 9.67. The Hall–Kier alpha value is -6.12. The van der Waals surface area contributed by atoms with Gasteiger partial charge in [-0.15, -0.1) is 0 Å². The first-order chi connectivity index (χ1) is 26.3. The van der Waals surface area contributed by atoms with Gasteiger partial charge in [-0.05, 0) is 123 Å². The molecular formula is C52H46N2. The van der Waals surface area contributed by atoms with Crippen LogP contribution in [0.3, 0.4) is 0 Å². The minimum Gasteiger partial charge on any atom is -0.310 e. The van der Waals surface area contributed by atoms with E-state index in [0.29, 0.717) is 0 Å². The maximum absolute atomic E-state index is 2.49. The van der Waals surface area contributed by atoms with E-state index in [1.807, 2.05) is 0 Å². The fourth-order valence-corrected chi connectivity index (χ4v) is 8.64. The van der Waals surface area contributed by atoms with Crippen LogP contribution in [0.25, 0.3) is 32.7 Å². The van der Waals surface area contributed by atoms with Gasteiger partial charge in [-0.3, -0.25) is 0 Å². The Morgan fingerprint density at radius 3 is 1.57 bits per heavy atom. The molecule has 0 heterocycles. The molecule has 0 spiro atoms. The molecule has 0 radical (unpaired) electrons. The smallest absolute Gasteiger partial charge is 0.0540 e. The zero-order valence-electron chi connectivity index (χ0n) is 31.6. The van der Waals surface area contributed by atoms with Crippen LogP contribution in [-0.4, -0.2) is 0 Å². The number of para-hydroxylation sites is 1. The highest BCUT2D eigenvalue weighted by Crippen LogP contribution is 2.52. The number of anilines is 6. The maximum atomic E-state index is 2.49. The van der Waals surface area contributed by atoms with Crippen molar-refractivity contribution in [1.82, 2.24) is 0 Å². The van der Waals surface area contributed by atoms with Gasteiger partial charge in [-0.1, -0.05) is 149 Å². The SMILES string of the molecule is CC1(C)CCC(C)(C)c2c(N(c3ccc(-c4ccc(N(c5ccccc5)c5cccc6ccccc56)cc4)cc3)c3ccc4ccccc4c3)cccc21. The summed E-state index contributed by atoms with van der Waals surface area (Å²) in [6.07, 6.45) is 2.34. The van der Waals surface area contributed by atoms with Gasteiger partial charge in [0.1, 0.15) is 0 Å². The molecule has 2 heteroatoms. The van der Waals surface area contributed by atoms with Gasteiger partial charge in [-0.2, -0.15) is 0 Å². The second kappa shape index (κ2) is 13.4. The van der Waals surface area contributed by atoms with Crippen molar-refractivity contribution in [1.29, 1.82) is 0 Å². The molecule has 0 aromatic heterocycles. The normalized spacial score (nSPS) is 14.4. The highest BCUT2D eigenvalue weighted by atomic mass is 15.2. The summed E-state index contributed by atoms with van der Waals surface area (Å²) >= 11 is 0. The number of hydrogen-bond donors (Lipinski definition) is 0. The minimum atomic E-state index is 0.0535. The van der Waals surface area contributed by atoms with Crippen LogP contribution in [0.5, 0.6) is 0 Å². The second-order valence-electron chi connectivity index (χ2n) is 16.1. The molecule has 9 rings (SSSR count). The van der Waals surface area contributed by atoms with Crippen LogP contribution >= 0.6 is 0 Å². The fraction of sp³-hybridized carbons (Fsp3) is 0.154. The molecule has 0 saturated heterocycles. The molecule has 1 aliphatic rings. The van der Waals surface area contributed by atoms with Gasteiger partial charge in [0, 0.05) is 28.1 Å². The Balaban J connectivity index is 1.12. The van der Waals surface area contributed by atoms with Crippen molar-refractivity contribution in [2.45, 2.75) is 51.4 Å². The number of rotatable bonds is 7. The zero-order chi connectivity index (χ0) is 36.9. The lowest BCUT2D eigenvalue weighted by Gasteiger charge is -2.44. The van der Waals surface area contributed by atoms with Crippen LogP contribution in [-0.2, 0) is 10.8 Å². The van der Waals surface area contributed by atoms with E-state index in [2.05, 4.69) is 219 Å². The lowest BCUT2D eigenvalue weighted by atomic mass is 9.62. The molecule has 0 atom stereocenters. The van der Waals surface area contributed by atoms with Crippen molar-refractivity contribution in [2.75, 3.05) is 9.80 Å². The number of benzene rings is 8. The third-order valence-corrected chi connectivity index (χ3v) is 11.7. The first kappa shape index (κ1) is 33.7. The van der Waals surface area contributed by atoms with Crippen LogP contribution in [0.15, 0.2) is 182 Å². The molecule has 8 aromatic carbocycles. The predicted molar refractivity (Wildman–Crippen MR) is 232 cm³/mol.